The summed E-state index contributed by atoms with van der Waals surface area (Å²) < 4.78 is 1.13. The fourth-order valence-corrected chi connectivity index (χ4v) is 2.64. The quantitative estimate of drug-likeness (QED) is 0.884. The molecule has 1 atom stereocenters. The third kappa shape index (κ3) is 3.17. The Labute approximate surface area is 109 Å². The molecule has 0 fully saturated rings. The number of nitrogens with one attached hydrogen (secondary N) is 1. The van der Waals surface area contributed by atoms with E-state index in [2.05, 4.69) is 69.3 Å². The number of hydrogen-bond acceptors (Lipinski definition) is 2. The van der Waals surface area contributed by atoms with Crippen LogP contribution in [0.2, 0.25) is 0 Å². The van der Waals surface area contributed by atoms with E-state index in [0.717, 1.165) is 11.0 Å². The molecular formula is C13H14BrNS. The van der Waals surface area contributed by atoms with E-state index < -0.39 is 0 Å². The average Bonchev–Trinajstić information content (AvgIpc) is 2.78. The van der Waals surface area contributed by atoms with E-state index >= 15 is 0 Å². The average molecular weight is 296 g/mol. The summed E-state index contributed by atoms with van der Waals surface area (Å²) in [6.07, 6.45) is 0. The molecule has 0 aliphatic rings. The van der Waals surface area contributed by atoms with Crippen molar-refractivity contribution < 1.29 is 0 Å². The number of benzene rings is 1. The zero-order valence-corrected chi connectivity index (χ0v) is 11.5. The van der Waals surface area contributed by atoms with E-state index in [-0.39, 0.29) is 0 Å². The van der Waals surface area contributed by atoms with Gasteiger partial charge in [-0.1, -0.05) is 28.1 Å². The van der Waals surface area contributed by atoms with Crippen LogP contribution in [0.15, 0.2) is 45.6 Å². The standard InChI is InChI=1S/C13H14BrNS/c1-10(12-3-2-4-13(14)7-12)15-8-11-5-6-16-9-11/h2-7,9-10,15H,8H2,1H3/t10-/m1/s1. The molecule has 1 aromatic carbocycles. The van der Waals surface area contributed by atoms with Crippen LogP contribution >= 0.6 is 27.3 Å². The lowest BCUT2D eigenvalue weighted by Gasteiger charge is -2.13. The zero-order chi connectivity index (χ0) is 11.4. The minimum atomic E-state index is 0.373. The van der Waals surface area contributed by atoms with Crippen molar-refractivity contribution in [3.05, 3.63) is 56.7 Å². The van der Waals surface area contributed by atoms with Crippen molar-refractivity contribution in [3.63, 3.8) is 0 Å². The Morgan fingerprint density at radius 3 is 2.94 bits per heavy atom. The van der Waals surface area contributed by atoms with Crippen LogP contribution in [0.5, 0.6) is 0 Å². The van der Waals surface area contributed by atoms with Gasteiger partial charge in [0.1, 0.15) is 0 Å². The van der Waals surface area contributed by atoms with Crippen LogP contribution in [0.1, 0.15) is 24.1 Å². The molecule has 1 aromatic heterocycles. The minimum absolute atomic E-state index is 0.373. The molecule has 0 unspecified atom stereocenters. The Bertz CT molecular complexity index is 439. The largest absolute Gasteiger partial charge is 0.306 e. The highest BCUT2D eigenvalue weighted by Crippen LogP contribution is 2.18. The van der Waals surface area contributed by atoms with E-state index in [9.17, 15) is 0 Å². The fourth-order valence-electron chi connectivity index (χ4n) is 1.56. The Balaban J connectivity index is 1.95. The van der Waals surface area contributed by atoms with Crippen LogP contribution in [0.3, 0.4) is 0 Å². The zero-order valence-electron chi connectivity index (χ0n) is 9.11. The second-order valence-corrected chi connectivity index (χ2v) is 5.48. The van der Waals surface area contributed by atoms with Crippen molar-refractivity contribution in [2.24, 2.45) is 0 Å². The predicted molar refractivity (Wildman–Crippen MR) is 73.7 cm³/mol. The highest BCUT2D eigenvalue weighted by molar-refractivity contribution is 9.10. The second-order valence-electron chi connectivity index (χ2n) is 3.79. The molecule has 0 saturated heterocycles. The number of rotatable bonds is 4. The summed E-state index contributed by atoms with van der Waals surface area (Å²) in [5.41, 5.74) is 2.66. The summed E-state index contributed by atoms with van der Waals surface area (Å²) in [6, 6.07) is 11.0. The fraction of sp³-hybridized carbons (Fsp3) is 0.231. The summed E-state index contributed by atoms with van der Waals surface area (Å²) >= 11 is 5.24. The molecule has 3 heteroatoms. The van der Waals surface area contributed by atoms with Gasteiger partial charge in [-0.15, -0.1) is 0 Å². The van der Waals surface area contributed by atoms with Gasteiger partial charge in [0, 0.05) is 17.1 Å². The molecule has 84 valence electrons. The first-order valence-corrected chi connectivity index (χ1v) is 6.99. The third-order valence-corrected chi connectivity index (χ3v) is 3.77. The van der Waals surface area contributed by atoms with Crippen LogP contribution < -0.4 is 5.32 Å². The van der Waals surface area contributed by atoms with E-state index in [0.29, 0.717) is 6.04 Å². The van der Waals surface area contributed by atoms with E-state index in [1.165, 1.54) is 11.1 Å². The first-order chi connectivity index (χ1) is 7.75. The SMILES string of the molecule is C[C@@H](NCc1ccsc1)c1cccc(Br)c1. The monoisotopic (exact) mass is 295 g/mol. The summed E-state index contributed by atoms with van der Waals surface area (Å²) in [5, 5.41) is 7.81. The van der Waals surface area contributed by atoms with Gasteiger partial charge in [0.25, 0.3) is 0 Å². The molecular weight excluding hydrogens is 282 g/mol. The minimum Gasteiger partial charge on any atom is -0.306 e. The predicted octanol–water partition coefficient (Wildman–Crippen LogP) is 4.36. The highest BCUT2D eigenvalue weighted by atomic mass is 79.9. The Morgan fingerprint density at radius 1 is 1.38 bits per heavy atom. The molecule has 1 nitrogen and oxygen atoms in total. The first-order valence-electron chi connectivity index (χ1n) is 5.25. The number of thiophene rings is 1. The van der Waals surface area contributed by atoms with Gasteiger partial charge in [-0.2, -0.15) is 11.3 Å². The van der Waals surface area contributed by atoms with Crippen LogP contribution in [0.4, 0.5) is 0 Å². The Morgan fingerprint density at radius 2 is 2.25 bits per heavy atom. The normalized spacial score (nSPS) is 12.6. The van der Waals surface area contributed by atoms with Crippen LogP contribution in [0, 0.1) is 0 Å². The van der Waals surface area contributed by atoms with Gasteiger partial charge in [0.15, 0.2) is 0 Å². The molecule has 0 aliphatic carbocycles. The molecule has 0 aliphatic heterocycles. The van der Waals surface area contributed by atoms with E-state index in [1.807, 2.05) is 0 Å². The lowest BCUT2D eigenvalue weighted by Crippen LogP contribution is -2.17. The van der Waals surface area contributed by atoms with Gasteiger partial charge in [-0.3, -0.25) is 0 Å². The van der Waals surface area contributed by atoms with Crippen molar-refractivity contribution in [2.75, 3.05) is 0 Å². The van der Waals surface area contributed by atoms with Crippen molar-refractivity contribution >= 4 is 27.3 Å². The molecule has 0 amide bonds. The van der Waals surface area contributed by atoms with Gasteiger partial charge in [-0.25, -0.2) is 0 Å². The summed E-state index contributed by atoms with van der Waals surface area (Å²) in [7, 11) is 0. The van der Waals surface area contributed by atoms with Crippen molar-refractivity contribution in [3.8, 4) is 0 Å². The van der Waals surface area contributed by atoms with E-state index in [4.69, 9.17) is 0 Å². The molecule has 0 bridgehead atoms. The van der Waals surface area contributed by atoms with Gasteiger partial charge in [-0.05, 0) is 47.0 Å². The molecule has 1 N–H and O–H groups in total. The molecule has 0 spiro atoms. The molecule has 2 rings (SSSR count). The number of hydrogen-bond donors (Lipinski definition) is 1. The summed E-state index contributed by atoms with van der Waals surface area (Å²) in [5.74, 6) is 0. The Hall–Kier alpha value is -0.640. The molecule has 1 heterocycles. The highest BCUT2D eigenvalue weighted by Gasteiger charge is 2.04. The number of halogens is 1. The third-order valence-electron chi connectivity index (χ3n) is 2.54. The van der Waals surface area contributed by atoms with Gasteiger partial charge in [0.05, 0.1) is 0 Å². The van der Waals surface area contributed by atoms with Gasteiger partial charge in [0.2, 0.25) is 0 Å². The molecule has 0 saturated carbocycles. The summed E-state index contributed by atoms with van der Waals surface area (Å²) in [6.45, 7) is 3.12. The smallest absolute Gasteiger partial charge is 0.0295 e. The lowest BCUT2D eigenvalue weighted by atomic mass is 10.1. The molecule has 2 aromatic rings. The lowest BCUT2D eigenvalue weighted by molar-refractivity contribution is 0.575. The maximum absolute atomic E-state index is 3.51. The van der Waals surface area contributed by atoms with Crippen molar-refractivity contribution in [1.82, 2.24) is 5.32 Å². The van der Waals surface area contributed by atoms with Crippen LogP contribution in [-0.4, -0.2) is 0 Å². The molecule has 16 heavy (non-hydrogen) atoms. The van der Waals surface area contributed by atoms with Crippen LogP contribution in [-0.2, 0) is 6.54 Å². The maximum Gasteiger partial charge on any atom is 0.0295 e. The van der Waals surface area contributed by atoms with Crippen LogP contribution in [0.25, 0.3) is 0 Å². The van der Waals surface area contributed by atoms with Crippen molar-refractivity contribution in [1.29, 1.82) is 0 Å². The topological polar surface area (TPSA) is 12.0 Å². The molecule has 0 radical (unpaired) electrons. The van der Waals surface area contributed by atoms with Gasteiger partial charge >= 0.3 is 0 Å². The maximum atomic E-state index is 3.51. The van der Waals surface area contributed by atoms with Crippen molar-refractivity contribution in [2.45, 2.75) is 19.5 Å². The summed E-state index contributed by atoms with van der Waals surface area (Å²) in [4.78, 5) is 0. The Kier molecular flexibility index (Phi) is 4.16. The van der Waals surface area contributed by atoms with Gasteiger partial charge < -0.3 is 5.32 Å². The first kappa shape index (κ1) is 11.8. The second kappa shape index (κ2) is 5.62. The van der Waals surface area contributed by atoms with E-state index in [1.54, 1.807) is 11.3 Å².